The molecular weight excluding hydrogens is 220 g/mol. The summed E-state index contributed by atoms with van der Waals surface area (Å²) in [6.45, 7) is 4.48. The maximum absolute atomic E-state index is 11.9. The lowest BCUT2D eigenvalue weighted by molar-refractivity contribution is 0.0126. The molecule has 0 bridgehead atoms. The zero-order chi connectivity index (χ0) is 12.3. The van der Waals surface area contributed by atoms with Gasteiger partial charge in [-0.3, -0.25) is 10.2 Å². The highest BCUT2D eigenvalue weighted by Crippen LogP contribution is 2.07. The summed E-state index contributed by atoms with van der Waals surface area (Å²) in [4.78, 5) is 16.0. The summed E-state index contributed by atoms with van der Waals surface area (Å²) in [5.41, 5.74) is 9.69. The number of carbonyl (C=O) groups is 1. The molecule has 0 atom stereocenters. The first kappa shape index (κ1) is 11.8. The predicted molar refractivity (Wildman–Crippen MR) is 63.2 cm³/mol. The second-order valence-electron chi connectivity index (χ2n) is 3.96. The summed E-state index contributed by atoms with van der Waals surface area (Å²) in [5.74, 6) is 0.196. The Morgan fingerprint density at radius 3 is 2.82 bits per heavy atom. The Hall–Kier alpha value is -1.66. The molecule has 0 saturated carbocycles. The number of nitrogen functional groups attached to an aromatic ring is 1. The van der Waals surface area contributed by atoms with Gasteiger partial charge in [0.05, 0.1) is 13.2 Å². The van der Waals surface area contributed by atoms with Gasteiger partial charge in [-0.05, 0) is 19.1 Å². The van der Waals surface area contributed by atoms with Crippen LogP contribution in [0.1, 0.15) is 16.1 Å². The molecule has 1 amide bonds. The fourth-order valence-corrected chi connectivity index (χ4v) is 1.71. The van der Waals surface area contributed by atoms with E-state index in [9.17, 15) is 4.79 Å². The van der Waals surface area contributed by atoms with E-state index in [-0.39, 0.29) is 5.91 Å². The molecule has 1 aliphatic heterocycles. The van der Waals surface area contributed by atoms with Crippen molar-refractivity contribution in [2.75, 3.05) is 32.0 Å². The van der Waals surface area contributed by atoms with Crippen LogP contribution in [0.4, 0.5) is 5.82 Å². The molecule has 0 spiro atoms. The molecule has 1 fully saturated rings. The van der Waals surface area contributed by atoms with Crippen LogP contribution in [-0.4, -0.2) is 42.2 Å². The molecule has 0 aromatic carbocycles. The Morgan fingerprint density at radius 1 is 1.47 bits per heavy atom. The van der Waals surface area contributed by atoms with Gasteiger partial charge in [0.1, 0.15) is 5.82 Å². The van der Waals surface area contributed by atoms with Crippen molar-refractivity contribution in [2.45, 2.75) is 6.92 Å². The highest BCUT2D eigenvalue weighted by Gasteiger charge is 2.14. The number of pyridine rings is 1. The van der Waals surface area contributed by atoms with Crippen LogP contribution in [0, 0.1) is 6.92 Å². The third-order valence-electron chi connectivity index (χ3n) is 2.51. The lowest BCUT2D eigenvalue weighted by Crippen LogP contribution is -2.48. The van der Waals surface area contributed by atoms with Crippen molar-refractivity contribution in [3.05, 3.63) is 23.4 Å². The zero-order valence-corrected chi connectivity index (χ0v) is 9.77. The minimum absolute atomic E-state index is 0.163. The number of carbonyl (C=O) groups excluding carboxylic acids is 1. The second kappa shape index (κ2) is 5.11. The van der Waals surface area contributed by atoms with Gasteiger partial charge in [-0.25, -0.2) is 9.99 Å². The Bertz CT molecular complexity index is 396. The number of nitrogens with zero attached hydrogens (tertiary/aromatic N) is 2. The van der Waals surface area contributed by atoms with Gasteiger partial charge in [-0.2, -0.15) is 0 Å². The number of nitrogens with one attached hydrogen (secondary N) is 1. The van der Waals surface area contributed by atoms with Crippen molar-refractivity contribution in [1.82, 2.24) is 15.4 Å². The molecule has 1 saturated heterocycles. The number of nitrogens with two attached hydrogens (primary N) is 1. The fourth-order valence-electron chi connectivity index (χ4n) is 1.71. The number of aromatic nitrogens is 1. The van der Waals surface area contributed by atoms with Gasteiger partial charge in [0.25, 0.3) is 5.91 Å². The summed E-state index contributed by atoms with van der Waals surface area (Å²) >= 11 is 0. The molecule has 1 aromatic rings. The van der Waals surface area contributed by atoms with Crippen molar-refractivity contribution in [1.29, 1.82) is 0 Å². The molecule has 17 heavy (non-hydrogen) atoms. The largest absolute Gasteiger partial charge is 0.384 e. The molecule has 92 valence electrons. The smallest absolute Gasteiger partial charge is 0.265 e. The number of morpholine rings is 1. The van der Waals surface area contributed by atoms with E-state index in [1.165, 1.54) is 0 Å². The molecule has 1 aliphatic rings. The Kier molecular flexibility index (Phi) is 3.55. The number of hydrogen-bond donors (Lipinski definition) is 2. The lowest BCUT2D eigenvalue weighted by Gasteiger charge is -2.26. The van der Waals surface area contributed by atoms with Crippen LogP contribution >= 0.6 is 0 Å². The highest BCUT2D eigenvalue weighted by molar-refractivity contribution is 5.94. The summed E-state index contributed by atoms with van der Waals surface area (Å²) < 4.78 is 5.20. The maximum Gasteiger partial charge on any atom is 0.265 e. The summed E-state index contributed by atoms with van der Waals surface area (Å²) in [6.07, 6.45) is 0. The molecule has 0 aliphatic carbocycles. The van der Waals surface area contributed by atoms with E-state index < -0.39 is 0 Å². The minimum atomic E-state index is -0.163. The average molecular weight is 236 g/mol. The zero-order valence-electron chi connectivity index (χ0n) is 9.77. The van der Waals surface area contributed by atoms with Crippen LogP contribution < -0.4 is 11.2 Å². The van der Waals surface area contributed by atoms with E-state index in [4.69, 9.17) is 10.5 Å². The number of anilines is 1. The molecular formula is C11H16N4O2. The van der Waals surface area contributed by atoms with Gasteiger partial charge in [0, 0.05) is 24.3 Å². The lowest BCUT2D eigenvalue weighted by atomic mass is 10.2. The van der Waals surface area contributed by atoms with Crippen LogP contribution in [0.2, 0.25) is 0 Å². The molecule has 6 heteroatoms. The van der Waals surface area contributed by atoms with Gasteiger partial charge in [-0.15, -0.1) is 0 Å². The summed E-state index contributed by atoms with van der Waals surface area (Å²) in [6, 6.07) is 3.29. The first-order valence-corrected chi connectivity index (χ1v) is 5.53. The number of aryl methyl sites for hydroxylation is 1. The second-order valence-corrected chi connectivity index (χ2v) is 3.96. The fraction of sp³-hybridized carbons (Fsp3) is 0.455. The van der Waals surface area contributed by atoms with Gasteiger partial charge < -0.3 is 10.5 Å². The number of rotatable bonds is 2. The third-order valence-corrected chi connectivity index (χ3v) is 2.51. The molecule has 3 N–H and O–H groups in total. The summed E-state index contributed by atoms with van der Waals surface area (Å²) in [7, 11) is 0. The Balaban J connectivity index is 2.03. The van der Waals surface area contributed by atoms with Gasteiger partial charge in [0.15, 0.2) is 0 Å². The van der Waals surface area contributed by atoms with Gasteiger partial charge in [0.2, 0.25) is 0 Å². The quantitative estimate of drug-likeness (QED) is 0.752. The van der Waals surface area contributed by atoms with Crippen LogP contribution in [0.5, 0.6) is 0 Å². The van der Waals surface area contributed by atoms with Crippen LogP contribution in [0.25, 0.3) is 0 Å². The number of ether oxygens (including phenoxy) is 1. The molecule has 1 aromatic heterocycles. The molecule has 0 unspecified atom stereocenters. The highest BCUT2D eigenvalue weighted by atomic mass is 16.5. The van der Waals surface area contributed by atoms with Crippen molar-refractivity contribution < 1.29 is 9.53 Å². The van der Waals surface area contributed by atoms with E-state index in [1.54, 1.807) is 12.1 Å². The standard InChI is InChI=1S/C11H16N4O2/c1-8-6-9(7-10(12)13-8)11(16)14-15-2-4-17-5-3-15/h6-7H,2-5H2,1H3,(H2,12,13)(H,14,16). The van der Waals surface area contributed by atoms with E-state index in [1.807, 2.05) is 11.9 Å². The first-order chi connectivity index (χ1) is 8.15. The average Bonchev–Trinajstić information content (AvgIpc) is 2.29. The van der Waals surface area contributed by atoms with Crippen LogP contribution in [0.3, 0.4) is 0 Å². The first-order valence-electron chi connectivity index (χ1n) is 5.53. The third kappa shape index (κ3) is 3.15. The Morgan fingerprint density at radius 2 is 2.18 bits per heavy atom. The normalized spacial score (nSPS) is 16.8. The molecule has 0 radical (unpaired) electrons. The van der Waals surface area contributed by atoms with Gasteiger partial charge >= 0.3 is 0 Å². The monoisotopic (exact) mass is 236 g/mol. The molecule has 2 rings (SSSR count). The Labute approximate surface area is 99.7 Å². The van der Waals surface area contributed by atoms with Crippen molar-refractivity contribution in [2.24, 2.45) is 0 Å². The number of hydrazine groups is 1. The number of hydrogen-bond acceptors (Lipinski definition) is 5. The minimum Gasteiger partial charge on any atom is -0.384 e. The topological polar surface area (TPSA) is 80.5 Å². The van der Waals surface area contributed by atoms with Crippen molar-refractivity contribution in [3.63, 3.8) is 0 Å². The van der Waals surface area contributed by atoms with Gasteiger partial charge in [-0.1, -0.05) is 0 Å². The van der Waals surface area contributed by atoms with E-state index >= 15 is 0 Å². The van der Waals surface area contributed by atoms with E-state index in [2.05, 4.69) is 10.4 Å². The van der Waals surface area contributed by atoms with Crippen molar-refractivity contribution in [3.8, 4) is 0 Å². The molecule has 2 heterocycles. The predicted octanol–water partition coefficient (Wildman–Crippen LogP) is -0.0508. The van der Waals surface area contributed by atoms with Crippen LogP contribution in [0.15, 0.2) is 12.1 Å². The SMILES string of the molecule is Cc1cc(C(=O)NN2CCOCC2)cc(N)n1. The summed E-state index contributed by atoms with van der Waals surface area (Å²) in [5, 5.41) is 1.85. The maximum atomic E-state index is 11.9. The van der Waals surface area contributed by atoms with E-state index in [0.29, 0.717) is 37.7 Å². The molecule has 6 nitrogen and oxygen atoms in total. The van der Waals surface area contributed by atoms with Crippen molar-refractivity contribution >= 4 is 11.7 Å². The van der Waals surface area contributed by atoms with Crippen LogP contribution in [-0.2, 0) is 4.74 Å². The number of amides is 1. The van der Waals surface area contributed by atoms with E-state index in [0.717, 1.165) is 5.69 Å².